The minimum atomic E-state index is 0.365. The lowest BCUT2D eigenvalue weighted by Crippen LogP contribution is -2.49. The molecule has 4 heterocycles. The molecule has 6 heteroatoms. The molecular weight excluding hydrogens is 344 g/mol. The number of pyridine rings is 1. The van der Waals surface area contributed by atoms with Crippen molar-refractivity contribution in [3.63, 3.8) is 0 Å². The quantitative estimate of drug-likeness (QED) is 0.827. The summed E-state index contributed by atoms with van der Waals surface area (Å²) in [7, 11) is 0. The molecule has 0 unspecified atom stereocenters. The number of rotatable bonds is 4. The summed E-state index contributed by atoms with van der Waals surface area (Å²) in [5, 5.41) is 2.12. The molecule has 0 spiro atoms. The van der Waals surface area contributed by atoms with Crippen LogP contribution in [-0.4, -0.2) is 66.5 Å². The van der Waals surface area contributed by atoms with E-state index in [-0.39, 0.29) is 0 Å². The van der Waals surface area contributed by atoms with Crippen LogP contribution in [0.25, 0.3) is 10.2 Å². The standard InChI is InChI=1S/C20H28N4OS/c1-2-22-10-12-24(13-11-22)19(25)15-16-4-8-23(9-5-16)18-3-7-21-17-6-14-26-20(17)18/h3,6-7,14,16H,2,4-5,8-13,15H2,1H3. The van der Waals surface area contributed by atoms with E-state index in [1.165, 1.54) is 10.4 Å². The first-order valence-corrected chi connectivity index (χ1v) is 10.7. The minimum absolute atomic E-state index is 0.365. The summed E-state index contributed by atoms with van der Waals surface area (Å²) in [6.07, 6.45) is 4.85. The number of thiophene rings is 1. The second kappa shape index (κ2) is 7.92. The Morgan fingerprint density at radius 1 is 1.15 bits per heavy atom. The number of anilines is 1. The number of likely N-dealkylation sites (N-methyl/N-ethyl adjacent to an activating group) is 1. The van der Waals surface area contributed by atoms with Gasteiger partial charge in [0, 0.05) is 51.9 Å². The van der Waals surface area contributed by atoms with Crippen molar-refractivity contribution >= 4 is 33.1 Å². The predicted molar refractivity (Wildman–Crippen MR) is 108 cm³/mol. The van der Waals surface area contributed by atoms with Crippen LogP contribution in [0.3, 0.4) is 0 Å². The smallest absolute Gasteiger partial charge is 0.222 e. The van der Waals surface area contributed by atoms with Gasteiger partial charge in [0.1, 0.15) is 0 Å². The first-order chi connectivity index (χ1) is 12.7. The molecule has 4 rings (SSSR count). The van der Waals surface area contributed by atoms with Crippen molar-refractivity contribution < 1.29 is 4.79 Å². The fourth-order valence-corrected chi connectivity index (χ4v) is 5.07. The number of nitrogens with zero attached hydrogens (tertiary/aromatic N) is 4. The number of piperazine rings is 1. The predicted octanol–water partition coefficient (Wildman–Crippen LogP) is 3.07. The molecule has 0 aromatic carbocycles. The third-order valence-electron chi connectivity index (χ3n) is 5.91. The molecule has 2 aliphatic rings. The van der Waals surface area contributed by atoms with Crippen molar-refractivity contribution in [2.45, 2.75) is 26.2 Å². The largest absolute Gasteiger partial charge is 0.370 e. The van der Waals surface area contributed by atoms with Crippen molar-refractivity contribution in [1.29, 1.82) is 0 Å². The van der Waals surface area contributed by atoms with Gasteiger partial charge in [-0.05, 0) is 42.8 Å². The number of amides is 1. The Labute approximate surface area is 159 Å². The average Bonchev–Trinajstić information content (AvgIpc) is 3.17. The molecular formula is C20H28N4OS. The van der Waals surface area contributed by atoms with E-state index in [1.54, 1.807) is 11.3 Å². The van der Waals surface area contributed by atoms with Crippen LogP contribution < -0.4 is 4.90 Å². The van der Waals surface area contributed by atoms with E-state index in [0.29, 0.717) is 11.8 Å². The molecule has 1 amide bonds. The zero-order chi connectivity index (χ0) is 17.9. The maximum atomic E-state index is 12.6. The maximum absolute atomic E-state index is 12.6. The Hall–Kier alpha value is -1.66. The van der Waals surface area contributed by atoms with Crippen LogP contribution in [0.1, 0.15) is 26.2 Å². The van der Waals surface area contributed by atoms with Crippen LogP contribution in [0.4, 0.5) is 5.69 Å². The Morgan fingerprint density at radius 3 is 2.65 bits per heavy atom. The average molecular weight is 373 g/mol. The summed E-state index contributed by atoms with van der Waals surface area (Å²) < 4.78 is 1.29. The molecule has 2 aromatic heterocycles. The second-order valence-electron chi connectivity index (χ2n) is 7.41. The van der Waals surface area contributed by atoms with E-state index < -0.39 is 0 Å². The van der Waals surface area contributed by atoms with Crippen LogP contribution in [-0.2, 0) is 4.79 Å². The van der Waals surface area contributed by atoms with E-state index in [4.69, 9.17) is 0 Å². The van der Waals surface area contributed by atoms with Gasteiger partial charge < -0.3 is 14.7 Å². The van der Waals surface area contributed by atoms with Crippen molar-refractivity contribution in [3.05, 3.63) is 23.7 Å². The van der Waals surface area contributed by atoms with Gasteiger partial charge in [-0.25, -0.2) is 0 Å². The van der Waals surface area contributed by atoms with Crippen molar-refractivity contribution in [1.82, 2.24) is 14.8 Å². The summed E-state index contributed by atoms with van der Waals surface area (Å²) >= 11 is 1.77. The molecule has 2 aromatic rings. The Balaban J connectivity index is 1.30. The highest BCUT2D eigenvalue weighted by Gasteiger charge is 2.26. The molecule has 0 atom stereocenters. The monoisotopic (exact) mass is 372 g/mol. The van der Waals surface area contributed by atoms with Gasteiger partial charge in [-0.15, -0.1) is 11.3 Å². The Kier molecular flexibility index (Phi) is 5.41. The molecule has 0 aliphatic carbocycles. The van der Waals surface area contributed by atoms with Gasteiger partial charge >= 0.3 is 0 Å². The van der Waals surface area contributed by atoms with Crippen molar-refractivity contribution in [3.8, 4) is 0 Å². The summed E-state index contributed by atoms with van der Waals surface area (Å²) in [4.78, 5) is 24.1. The third-order valence-corrected chi connectivity index (χ3v) is 6.84. The SMILES string of the molecule is CCN1CCN(C(=O)CC2CCN(c3ccnc4ccsc34)CC2)CC1. The zero-order valence-electron chi connectivity index (χ0n) is 15.6. The topological polar surface area (TPSA) is 39.7 Å². The van der Waals surface area contributed by atoms with Crippen LogP contribution in [0, 0.1) is 5.92 Å². The van der Waals surface area contributed by atoms with Crippen LogP contribution >= 0.6 is 11.3 Å². The first kappa shape index (κ1) is 17.7. The molecule has 0 bridgehead atoms. The fourth-order valence-electron chi connectivity index (χ4n) is 4.18. The molecule has 2 fully saturated rings. The number of piperidine rings is 1. The van der Waals surface area contributed by atoms with E-state index >= 15 is 0 Å². The summed E-state index contributed by atoms with van der Waals surface area (Å²) in [6, 6.07) is 4.23. The Bertz CT molecular complexity index is 745. The number of aromatic nitrogens is 1. The lowest BCUT2D eigenvalue weighted by atomic mass is 9.92. The number of hydrogen-bond acceptors (Lipinski definition) is 5. The number of carbonyl (C=O) groups is 1. The summed E-state index contributed by atoms with van der Waals surface area (Å²) in [5.41, 5.74) is 2.40. The molecule has 0 radical (unpaired) electrons. The van der Waals surface area contributed by atoms with Gasteiger partial charge in [0.15, 0.2) is 0 Å². The van der Waals surface area contributed by atoms with Gasteiger partial charge in [0.25, 0.3) is 0 Å². The van der Waals surface area contributed by atoms with Crippen molar-refractivity contribution in [2.75, 3.05) is 50.7 Å². The Morgan fingerprint density at radius 2 is 1.92 bits per heavy atom. The van der Waals surface area contributed by atoms with Crippen LogP contribution in [0.2, 0.25) is 0 Å². The first-order valence-electron chi connectivity index (χ1n) is 9.82. The highest BCUT2D eigenvalue weighted by atomic mass is 32.1. The van der Waals surface area contributed by atoms with E-state index in [0.717, 1.165) is 70.6 Å². The summed E-state index contributed by atoms with van der Waals surface area (Å²) in [5.74, 6) is 0.896. The normalized spacial score (nSPS) is 20.0. The lowest BCUT2D eigenvalue weighted by Gasteiger charge is -2.37. The lowest BCUT2D eigenvalue weighted by molar-refractivity contribution is -0.134. The zero-order valence-corrected chi connectivity index (χ0v) is 16.4. The third kappa shape index (κ3) is 3.71. The maximum Gasteiger partial charge on any atom is 0.222 e. The van der Waals surface area contributed by atoms with Crippen LogP contribution in [0.5, 0.6) is 0 Å². The second-order valence-corrected chi connectivity index (χ2v) is 8.33. The van der Waals surface area contributed by atoms with Gasteiger partial charge in [-0.3, -0.25) is 9.78 Å². The molecule has 2 saturated heterocycles. The number of hydrogen-bond donors (Lipinski definition) is 0. The molecule has 26 heavy (non-hydrogen) atoms. The number of fused-ring (bicyclic) bond motifs is 1. The van der Waals surface area contributed by atoms with E-state index in [9.17, 15) is 4.79 Å². The van der Waals surface area contributed by atoms with E-state index in [2.05, 4.69) is 44.1 Å². The fraction of sp³-hybridized carbons (Fsp3) is 0.600. The van der Waals surface area contributed by atoms with Gasteiger partial charge in [-0.1, -0.05) is 6.92 Å². The van der Waals surface area contributed by atoms with E-state index in [1.807, 2.05) is 6.20 Å². The molecule has 0 saturated carbocycles. The molecule has 140 valence electrons. The van der Waals surface area contributed by atoms with Crippen LogP contribution in [0.15, 0.2) is 23.7 Å². The number of carbonyl (C=O) groups excluding carboxylic acids is 1. The highest BCUT2D eigenvalue weighted by Crippen LogP contribution is 2.33. The molecule has 5 nitrogen and oxygen atoms in total. The van der Waals surface area contributed by atoms with Gasteiger partial charge in [-0.2, -0.15) is 0 Å². The van der Waals surface area contributed by atoms with Gasteiger partial charge in [0.2, 0.25) is 5.91 Å². The molecule has 2 aliphatic heterocycles. The highest BCUT2D eigenvalue weighted by molar-refractivity contribution is 7.17. The van der Waals surface area contributed by atoms with Crippen molar-refractivity contribution in [2.24, 2.45) is 5.92 Å². The van der Waals surface area contributed by atoms with Gasteiger partial charge in [0.05, 0.1) is 15.9 Å². The molecule has 0 N–H and O–H groups in total. The minimum Gasteiger partial charge on any atom is -0.370 e. The summed E-state index contributed by atoms with van der Waals surface area (Å²) in [6.45, 7) is 9.22.